The molecule has 0 heterocycles. The minimum atomic E-state index is -0.117. The lowest BCUT2D eigenvalue weighted by Gasteiger charge is -2.29. The molecular formula is C13H25N3O2. The smallest absolute Gasteiger partial charge is 0.261 e. The summed E-state index contributed by atoms with van der Waals surface area (Å²) >= 11 is 0. The van der Waals surface area contributed by atoms with Crippen molar-refractivity contribution >= 4 is 11.7 Å². The van der Waals surface area contributed by atoms with Crippen LogP contribution in [0, 0.1) is 11.8 Å². The minimum Gasteiger partial charge on any atom is -0.384 e. The molecule has 0 aromatic heterocycles. The zero-order valence-corrected chi connectivity index (χ0v) is 11.6. The van der Waals surface area contributed by atoms with Crippen molar-refractivity contribution in [2.45, 2.75) is 52.5 Å². The predicted octanol–water partition coefficient (Wildman–Crippen LogP) is 1.63. The van der Waals surface area contributed by atoms with Crippen LogP contribution in [0.4, 0.5) is 0 Å². The van der Waals surface area contributed by atoms with E-state index in [1.807, 2.05) is 13.8 Å². The molecule has 0 aliphatic heterocycles. The van der Waals surface area contributed by atoms with E-state index in [-0.39, 0.29) is 24.5 Å². The van der Waals surface area contributed by atoms with Gasteiger partial charge in [0.25, 0.3) is 5.91 Å². The average Bonchev–Trinajstić information content (AvgIpc) is 2.32. The second-order valence-corrected chi connectivity index (χ2v) is 5.38. The number of hydrogen-bond acceptors (Lipinski definition) is 3. The van der Waals surface area contributed by atoms with Crippen LogP contribution < -0.4 is 11.1 Å². The van der Waals surface area contributed by atoms with Crippen LogP contribution in [0.15, 0.2) is 5.16 Å². The highest BCUT2D eigenvalue weighted by molar-refractivity contribution is 5.82. The van der Waals surface area contributed by atoms with Gasteiger partial charge in [-0.05, 0) is 18.8 Å². The van der Waals surface area contributed by atoms with Gasteiger partial charge < -0.3 is 15.9 Å². The molecule has 3 N–H and O–H groups in total. The molecule has 0 spiro atoms. The summed E-state index contributed by atoms with van der Waals surface area (Å²) in [6.07, 6.45) is 4.70. The number of amidine groups is 1. The Bertz CT molecular complexity index is 303. The lowest BCUT2D eigenvalue weighted by molar-refractivity contribution is -0.127. The first kappa shape index (κ1) is 14.8. The molecule has 0 aromatic rings. The van der Waals surface area contributed by atoms with Crippen molar-refractivity contribution in [1.82, 2.24) is 5.32 Å². The number of hydrogen-bond donors (Lipinski definition) is 2. The molecule has 1 saturated carbocycles. The van der Waals surface area contributed by atoms with Crippen molar-refractivity contribution < 1.29 is 9.63 Å². The number of rotatable bonds is 5. The third-order valence-electron chi connectivity index (χ3n) is 3.41. The Balaban J connectivity index is 2.27. The molecule has 5 nitrogen and oxygen atoms in total. The fourth-order valence-corrected chi connectivity index (χ4v) is 2.05. The van der Waals surface area contributed by atoms with Crippen molar-refractivity contribution in [2.75, 3.05) is 6.61 Å². The third kappa shape index (κ3) is 4.94. The lowest BCUT2D eigenvalue weighted by Crippen LogP contribution is -2.42. The van der Waals surface area contributed by atoms with Crippen LogP contribution in [0.5, 0.6) is 0 Å². The van der Waals surface area contributed by atoms with Gasteiger partial charge in [0.2, 0.25) is 0 Å². The zero-order valence-electron chi connectivity index (χ0n) is 11.6. The summed E-state index contributed by atoms with van der Waals surface area (Å²) in [7, 11) is 0. The normalized spacial score (nSPS) is 25.0. The lowest BCUT2D eigenvalue weighted by atomic mass is 9.86. The number of nitrogens with one attached hydrogen (secondary N) is 1. The summed E-state index contributed by atoms with van der Waals surface area (Å²) in [4.78, 5) is 16.6. The first-order valence-corrected chi connectivity index (χ1v) is 6.75. The van der Waals surface area contributed by atoms with Gasteiger partial charge in [0.1, 0.15) is 5.84 Å². The summed E-state index contributed by atoms with van der Waals surface area (Å²) in [5.41, 5.74) is 5.60. The number of nitrogens with two attached hydrogens (primary N) is 1. The van der Waals surface area contributed by atoms with Crippen molar-refractivity contribution in [3.63, 3.8) is 0 Å². The first-order valence-electron chi connectivity index (χ1n) is 6.75. The number of oxime groups is 1. The number of carbonyl (C=O) groups excluding carboxylic acids is 1. The Kier molecular flexibility index (Phi) is 5.95. The van der Waals surface area contributed by atoms with E-state index >= 15 is 0 Å². The van der Waals surface area contributed by atoms with E-state index in [4.69, 9.17) is 10.6 Å². The molecule has 1 aliphatic carbocycles. The molecule has 18 heavy (non-hydrogen) atoms. The quantitative estimate of drug-likeness (QED) is 0.445. The van der Waals surface area contributed by atoms with Crippen LogP contribution in [-0.4, -0.2) is 24.4 Å². The molecule has 1 amide bonds. The maximum Gasteiger partial charge on any atom is 0.261 e. The van der Waals surface area contributed by atoms with Crippen LogP contribution >= 0.6 is 0 Å². The summed E-state index contributed by atoms with van der Waals surface area (Å²) in [5.74, 6) is 0.973. The van der Waals surface area contributed by atoms with Crippen molar-refractivity contribution in [2.24, 2.45) is 22.7 Å². The Morgan fingerprint density at radius 1 is 1.44 bits per heavy atom. The fraction of sp³-hybridized carbons (Fsp3) is 0.846. The van der Waals surface area contributed by atoms with E-state index in [2.05, 4.69) is 17.4 Å². The van der Waals surface area contributed by atoms with Gasteiger partial charge in [-0.2, -0.15) is 0 Å². The van der Waals surface area contributed by atoms with Gasteiger partial charge in [0, 0.05) is 12.0 Å². The van der Waals surface area contributed by atoms with Gasteiger partial charge in [-0.15, -0.1) is 0 Å². The van der Waals surface area contributed by atoms with Crippen LogP contribution in [-0.2, 0) is 9.63 Å². The molecule has 0 radical (unpaired) electrons. The molecule has 104 valence electrons. The largest absolute Gasteiger partial charge is 0.384 e. The summed E-state index contributed by atoms with van der Waals surface area (Å²) < 4.78 is 0. The molecule has 1 rings (SSSR count). The first-order chi connectivity index (χ1) is 8.50. The Labute approximate surface area is 109 Å². The average molecular weight is 255 g/mol. The highest BCUT2D eigenvalue weighted by atomic mass is 16.6. The molecule has 0 aromatic carbocycles. The van der Waals surface area contributed by atoms with E-state index in [1.54, 1.807) is 0 Å². The number of amides is 1. The Hall–Kier alpha value is -1.26. The van der Waals surface area contributed by atoms with Crippen molar-refractivity contribution in [1.29, 1.82) is 0 Å². The molecule has 2 unspecified atom stereocenters. The van der Waals surface area contributed by atoms with Crippen molar-refractivity contribution in [3.8, 4) is 0 Å². The van der Waals surface area contributed by atoms with Crippen LogP contribution in [0.1, 0.15) is 46.5 Å². The van der Waals surface area contributed by atoms with Gasteiger partial charge in [0.15, 0.2) is 6.61 Å². The molecule has 5 heteroatoms. The van der Waals surface area contributed by atoms with Gasteiger partial charge in [-0.3, -0.25) is 4.79 Å². The maximum absolute atomic E-state index is 11.7. The maximum atomic E-state index is 11.7. The molecule has 2 atom stereocenters. The van der Waals surface area contributed by atoms with E-state index in [1.165, 1.54) is 19.3 Å². The van der Waals surface area contributed by atoms with E-state index in [0.29, 0.717) is 11.8 Å². The standard InChI is InChI=1S/C13H25N3O2/c1-9(2)13(14)16-18-8-12(17)15-11-7-5-4-6-10(11)3/h9-11H,4-8H2,1-3H3,(H2,14,16)(H,15,17). The van der Waals surface area contributed by atoms with Crippen LogP contribution in [0.2, 0.25) is 0 Å². The fourth-order valence-electron chi connectivity index (χ4n) is 2.05. The SMILES string of the molecule is CC(C)C(N)=NOCC(=O)NC1CCCCC1C. The zero-order chi connectivity index (χ0) is 13.5. The van der Waals surface area contributed by atoms with Gasteiger partial charge in [-0.1, -0.05) is 38.8 Å². The topological polar surface area (TPSA) is 76.7 Å². The highest BCUT2D eigenvalue weighted by Gasteiger charge is 2.22. The minimum absolute atomic E-state index is 0.0589. The van der Waals surface area contributed by atoms with Crippen LogP contribution in [0.25, 0.3) is 0 Å². The molecule has 1 fully saturated rings. The summed E-state index contributed by atoms with van der Waals surface area (Å²) in [6.45, 7) is 5.97. The van der Waals surface area contributed by atoms with Crippen LogP contribution in [0.3, 0.4) is 0 Å². The third-order valence-corrected chi connectivity index (χ3v) is 3.41. The van der Waals surface area contributed by atoms with Gasteiger partial charge >= 0.3 is 0 Å². The monoisotopic (exact) mass is 255 g/mol. The van der Waals surface area contributed by atoms with E-state index in [0.717, 1.165) is 6.42 Å². The van der Waals surface area contributed by atoms with E-state index in [9.17, 15) is 4.79 Å². The molecule has 0 saturated heterocycles. The second-order valence-electron chi connectivity index (χ2n) is 5.38. The molecule has 0 bridgehead atoms. The predicted molar refractivity (Wildman–Crippen MR) is 72.0 cm³/mol. The summed E-state index contributed by atoms with van der Waals surface area (Å²) in [6, 6.07) is 0.279. The molecular weight excluding hydrogens is 230 g/mol. The Morgan fingerprint density at radius 2 is 2.11 bits per heavy atom. The number of carbonyl (C=O) groups is 1. The highest BCUT2D eigenvalue weighted by Crippen LogP contribution is 2.23. The Morgan fingerprint density at radius 3 is 2.72 bits per heavy atom. The van der Waals surface area contributed by atoms with E-state index < -0.39 is 0 Å². The molecule has 1 aliphatic rings. The second kappa shape index (κ2) is 7.24. The number of nitrogens with zero attached hydrogens (tertiary/aromatic N) is 1. The van der Waals surface area contributed by atoms with Gasteiger partial charge in [-0.25, -0.2) is 0 Å². The summed E-state index contributed by atoms with van der Waals surface area (Å²) in [5, 5.41) is 6.71. The van der Waals surface area contributed by atoms with Crippen molar-refractivity contribution in [3.05, 3.63) is 0 Å². The van der Waals surface area contributed by atoms with Gasteiger partial charge in [0.05, 0.1) is 0 Å².